The second-order valence-electron chi connectivity index (χ2n) is 9.07. The predicted molar refractivity (Wildman–Crippen MR) is 111 cm³/mol. The molecule has 0 atom stereocenters. The zero-order valence-electron chi connectivity index (χ0n) is 16.6. The number of hydrogen-bond acceptors (Lipinski definition) is 1. The summed E-state index contributed by atoms with van der Waals surface area (Å²) < 4.78 is 0. The molecule has 0 aliphatic rings. The topological polar surface area (TPSA) is 36.0 Å². The molecule has 26 heavy (non-hydrogen) atoms. The first-order chi connectivity index (χ1) is 12.1. The summed E-state index contributed by atoms with van der Waals surface area (Å²) in [5.74, 6) is 0.420. The van der Waals surface area contributed by atoms with Crippen molar-refractivity contribution in [2.75, 3.05) is 0 Å². The Balaban J connectivity index is 2.15. The molecule has 0 aliphatic heterocycles. The molecule has 136 valence electrons. The van der Waals surface area contributed by atoms with Crippen LogP contribution in [0.2, 0.25) is 0 Å². The number of rotatable bonds is 2. The van der Waals surface area contributed by atoms with Crippen LogP contribution in [-0.2, 0) is 10.8 Å². The number of aromatic amines is 1. The molecule has 2 nitrogen and oxygen atoms in total. The summed E-state index contributed by atoms with van der Waals surface area (Å²) in [7, 11) is 0. The standard InChI is InChI=1S/C24H29NO/c1-23(2,3)18-14-17(15-19(22(18)26)24(4,5)6)21-13-12-20(25-21)16-10-8-7-9-11-16/h7-15,25-26H,1-6H3. The van der Waals surface area contributed by atoms with Crippen LogP contribution in [0.25, 0.3) is 22.5 Å². The van der Waals surface area contributed by atoms with Crippen LogP contribution >= 0.6 is 0 Å². The maximum absolute atomic E-state index is 10.9. The number of benzene rings is 2. The minimum atomic E-state index is -0.130. The van der Waals surface area contributed by atoms with Crippen molar-refractivity contribution in [2.24, 2.45) is 0 Å². The van der Waals surface area contributed by atoms with Crippen molar-refractivity contribution in [3.8, 4) is 28.3 Å². The molecular weight excluding hydrogens is 318 g/mol. The van der Waals surface area contributed by atoms with Crippen molar-refractivity contribution in [3.63, 3.8) is 0 Å². The summed E-state index contributed by atoms with van der Waals surface area (Å²) in [6.45, 7) is 12.8. The molecule has 3 rings (SSSR count). The smallest absolute Gasteiger partial charge is 0.123 e. The summed E-state index contributed by atoms with van der Waals surface area (Å²) in [4.78, 5) is 3.54. The fourth-order valence-corrected chi connectivity index (χ4v) is 3.28. The second-order valence-corrected chi connectivity index (χ2v) is 9.07. The Morgan fingerprint density at radius 3 is 1.58 bits per heavy atom. The Hall–Kier alpha value is -2.48. The van der Waals surface area contributed by atoms with E-state index in [1.165, 1.54) is 5.56 Å². The summed E-state index contributed by atoms with van der Waals surface area (Å²) in [6.07, 6.45) is 0. The van der Waals surface area contributed by atoms with Gasteiger partial charge in [0.25, 0.3) is 0 Å². The van der Waals surface area contributed by atoms with E-state index in [9.17, 15) is 5.11 Å². The van der Waals surface area contributed by atoms with Gasteiger partial charge >= 0.3 is 0 Å². The first-order valence-corrected chi connectivity index (χ1v) is 9.20. The second kappa shape index (κ2) is 6.35. The first-order valence-electron chi connectivity index (χ1n) is 9.20. The quantitative estimate of drug-likeness (QED) is 0.535. The van der Waals surface area contributed by atoms with E-state index in [1.807, 2.05) is 18.2 Å². The highest BCUT2D eigenvalue weighted by molar-refractivity contribution is 5.71. The van der Waals surface area contributed by atoms with Crippen LogP contribution in [0.15, 0.2) is 54.6 Å². The molecule has 0 aliphatic carbocycles. The van der Waals surface area contributed by atoms with Crippen LogP contribution < -0.4 is 0 Å². The van der Waals surface area contributed by atoms with E-state index in [0.29, 0.717) is 5.75 Å². The zero-order chi connectivity index (χ0) is 19.1. The molecule has 0 spiro atoms. The van der Waals surface area contributed by atoms with Crippen LogP contribution in [0.3, 0.4) is 0 Å². The predicted octanol–water partition coefficient (Wildman–Crippen LogP) is 6.65. The molecule has 0 unspecified atom stereocenters. The lowest BCUT2D eigenvalue weighted by atomic mass is 9.78. The molecule has 0 fully saturated rings. The zero-order valence-corrected chi connectivity index (χ0v) is 16.6. The Morgan fingerprint density at radius 1 is 0.654 bits per heavy atom. The lowest BCUT2D eigenvalue weighted by Gasteiger charge is -2.28. The molecule has 1 heterocycles. The number of aromatic nitrogens is 1. The number of aromatic hydroxyl groups is 1. The summed E-state index contributed by atoms with van der Waals surface area (Å²) in [5.41, 5.74) is 6.16. The van der Waals surface area contributed by atoms with E-state index in [0.717, 1.165) is 28.1 Å². The highest BCUT2D eigenvalue weighted by atomic mass is 16.3. The maximum Gasteiger partial charge on any atom is 0.123 e. The monoisotopic (exact) mass is 347 g/mol. The maximum atomic E-state index is 10.9. The number of phenolic OH excluding ortho intramolecular Hbond substituents is 1. The fraction of sp³-hybridized carbons (Fsp3) is 0.333. The molecule has 0 bridgehead atoms. The van der Waals surface area contributed by atoms with Crippen LogP contribution in [-0.4, -0.2) is 10.1 Å². The molecular formula is C24H29NO. The molecule has 2 N–H and O–H groups in total. The van der Waals surface area contributed by atoms with E-state index in [-0.39, 0.29) is 10.8 Å². The molecule has 3 aromatic rings. The van der Waals surface area contributed by atoms with Crippen molar-refractivity contribution >= 4 is 0 Å². The molecule has 0 radical (unpaired) electrons. The summed E-state index contributed by atoms with van der Waals surface area (Å²) in [6, 6.07) is 18.8. The van der Waals surface area contributed by atoms with Gasteiger partial charge in [-0.2, -0.15) is 0 Å². The van der Waals surface area contributed by atoms with Crippen LogP contribution in [0, 0.1) is 0 Å². The first kappa shape index (κ1) is 18.3. The van der Waals surface area contributed by atoms with E-state index in [1.54, 1.807) is 0 Å². The highest BCUT2D eigenvalue weighted by Crippen LogP contribution is 2.42. The van der Waals surface area contributed by atoms with Gasteiger partial charge in [0.2, 0.25) is 0 Å². The lowest BCUT2D eigenvalue weighted by Crippen LogP contribution is -2.17. The normalized spacial score (nSPS) is 12.4. The Labute approximate surface area is 156 Å². The van der Waals surface area contributed by atoms with Crippen molar-refractivity contribution < 1.29 is 5.11 Å². The number of hydrogen-bond donors (Lipinski definition) is 2. The highest BCUT2D eigenvalue weighted by Gasteiger charge is 2.27. The van der Waals surface area contributed by atoms with Gasteiger partial charge in [-0.25, -0.2) is 0 Å². The SMILES string of the molecule is CC(C)(C)c1cc(-c2ccc(-c3ccccc3)[nH]2)cc(C(C)(C)C)c1O. The third-order valence-electron chi connectivity index (χ3n) is 4.81. The number of phenols is 1. The average molecular weight is 348 g/mol. The van der Waals surface area contributed by atoms with Gasteiger partial charge in [0.1, 0.15) is 5.75 Å². The van der Waals surface area contributed by atoms with Gasteiger partial charge in [0, 0.05) is 22.5 Å². The van der Waals surface area contributed by atoms with Gasteiger partial charge < -0.3 is 10.1 Å². The fourth-order valence-electron chi connectivity index (χ4n) is 3.28. The molecule has 2 aromatic carbocycles. The van der Waals surface area contributed by atoms with Gasteiger partial charge in [-0.3, -0.25) is 0 Å². The number of H-pyrrole nitrogens is 1. The Morgan fingerprint density at radius 2 is 1.12 bits per heavy atom. The van der Waals surface area contributed by atoms with E-state index < -0.39 is 0 Å². The van der Waals surface area contributed by atoms with Crippen molar-refractivity contribution in [1.29, 1.82) is 0 Å². The Bertz CT molecular complexity index is 870. The third-order valence-corrected chi connectivity index (χ3v) is 4.81. The van der Waals surface area contributed by atoms with Crippen LogP contribution in [0.5, 0.6) is 5.75 Å². The number of nitrogens with one attached hydrogen (secondary N) is 1. The van der Waals surface area contributed by atoms with Gasteiger partial charge in [-0.1, -0.05) is 71.9 Å². The molecule has 0 amide bonds. The van der Waals surface area contributed by atoms with Crippen molar-refractivity contribution in [1.82, 2.24) is 4.98 Å². The van der Waals surface area contributed by atoms with Crippen LogP contribution in [0.1, 0.15) is 52.7 Å². The largest absolute Gasteiger partial charge is 0.507 e. The lowest BCUT2D eigenvalue weighted by molar-refractivity contribution is 0.423. The van der Waals surface area contributed by atoms with Gasteiger partial charge in [0.05, 0.1) is 0 Å². The third kappa shape index (κ3) is 3.55. The van der Waals surface area contributed by atoms with Gasteiger partial charge in [-0.05, 0) is 46.2 Å². The Kier molecular flexibility index (Phi) is 4.47. The van der Waals surface area contributed by atoms with E-state index in [4.69, 9.17) is 0 Å². The van der Waals surface area contributed by atoms with Crippen molar-refractivity contribution in [3.05, 3.63) is 65.7 Å². The molecule has 0 saturated heterocycles. The average Bonchev–Trinajstić information content (AvgIpc) is 3.03. The van der Waals surface area contributed by atoms with Gasteiger partial charge in [-0.15, -0.1) is 0 Å². The molecule has 2 heteroatoms. The van der Waals surface area contributed by atoms with Gasteiger partial charge in [0.15, 0.2) is 0 Å². The summed E-state index contributed by atoms with van der Waals surface area (Å²) in [5, 5.41) is 10.9. The minimum Gasteiger partial charge on any atom is -0.507 e. The minimum absolute atomic E-state index is 0.130. The van der Waals surface area contributed by atoms with Crippen LogP contribution in [0.4, 0.5) is 0 Å². The molecule has 1 aromatic heterocycles. The molecule has 0 saturated carbocycles. The summed E-state index contributed by atoms with van der Waals surface area (Å²) >= 11 is 0. The van der Waals surface area contributed by atoms with E-state index in [2.05, 4.69) is 82.9 Å². The van der Waals surface area contributed by atoms with Crippen molar-refractivity contribution in [2.45, 2.75) is 52.4 Å². The van der Waals surface area contributed by atoms with E-state index >= 15 is 0 Å².